The molecule has 0 aromatic rings. The van der Waals surface area contributed by atoms with E-state index in [2.05, 4.69) is 37.8 Å². The first-order valence-electron chi connectivity index (χ1n) is 10.3. The van der Waals surface area contributed by atoms with Crippen LogP contribution >= 0.6 is 22.6 Å². The molecule has 1 aliphatic rings. The fraction of sp³-hybridized carbons (Fsp3) is 0.905. The lowest BCUT2D eigenvalue weighted by atomic mass is 9.84. The number of aliphatic hydroxyl groups is 1. The third kappa shape index (κ3) is 10.9. The van der Waals surface area contributed by atoms with Crippen molar-refractivity contribution in [2.45, 2.75) is 108 Å². The minimum absolute atomic E-state index is 0.307. The van der Waals surface area contributed by atoms with Crippen LogP contribution in [0, 0.1) is 9.85 Å². The Kier molecular flexibility index (Phi) is 14.3. The van der Waals surface area contributed by atoms with Crippen molar-refractivity contribution in [3.63, 3.8) is 0 Å². The van der Waals surface area contributed by atoms with Gasteiger partial charge in [-0.1, -0.05) is 76.5 Å². The van der Waals surface area contributed by atoms with E-state index in [0.717, 1.165) is 12.8 Å². The van der Waals surface area contributed by atoms with Gasteiger partial charge in [-0.05, 0) is 36.2 Å². The molecule has 0 bridgehead atoms. The average molecular weight is 447 g/mol. The highest BCUT2D eigenvalue weighted by atomic mass is 127. The summed E-state index contributed by atoms with van der Waals surface area (Å²) >= 11 is 2.17. The molecule has 2 nitrogen and oxygen atoms in total. The molecule has 1 heterocycles. The highest BCUT2D eigenvalue weighted by Crippen LogP contribution is 2.28. The summed E-state index contributed by atoms with van der Waals surface area (Å²) in [4.78, 5) is 0. The topological polar surface area (TPSA) is 32.3 Å². The maximum Gasteiger partial charge on any atom is 0.0431 e. The maximum atomic E-state index is 8.75. The molecule has 0 aliphatic carbocycles. The Morgan fingerprint density at radius 2 is 1.46 bits per heavy atom. The molecule has 1 saturated heterocycles. The minimum Gasteiger partial charge on any atom is -0.396 e. The van der Waals surface area contributed by atoms with Crippen LogP contribution in [0.25, 0.3) is 0 Å². The number of unbranched alkanes of at least 4 members (excludes halogenated alkanes) is 9. The molecule has 1 fully saturated rings. The molecule has 0 radical (unpaired) electrons. The molecule has 1 atom stereocenters. The Labute approximate surface area is 164 Å². The van der Waals surface area contributed by atoms with Gasteiger partial charge in [0.05, 0.1) is 0 Å². The van der Waals surface area contributed by atoms with Crippen LogP contribution < -0.4 is 5.32 Å². The second-order valence-electron chi connectivity index (χ2n) is 7.47. The van der Waals surface area contributed by atoms with E-state index in [1.807, 2.05) is 0 Å². The van der Waals surface area contributed by atoms with Crippen molar-refractivity contribution < 1.29 is 5.11 Å². The normalized spacial score (nSPS) is 21.1. The second-order valence-corrected chi connectivity index (χ2v) is 8.01. The molecule has 0 saturated carbocycles. The summed E-state index contributed by atoms with van der Waals surface area (Å²) in [6.07, 6.45) is 20.9. The van der Waals surface area contributed by atoms with Crippen LogP contribution in [-0.4, -0.2) is 23.8 Å². The van der Waals surface area contributed by atoms with Gasteiger partial charge >= 0.3 is 0 Å². The predicted molar refractivity (Wildman–Crippen MR) is 113 cm³/mol. The van der Waals surface area contributed by atoms with Crippen LogP contribution in [0.3, 0.4) is 0 Å². The van der Waals surface area contributed by atoms with Gasteiger partial charge in [-0.3, -0.25) is 0 Å². The lowest BCUT2D eigenvalue weighted by molar-refractivity contribution is 0.282. The van der Waals surface area contributed by atoms with E-state index in [4.69, 9.17) is 5.11 Å². The van der Waals surface area contributed by atoms with Gasteiger partial charge in [0, 0.05) is 41.2 Å². The van der Waals surface area contributed by atoms with Crippen molar-refractivity contribution in [2.75, 3.05) is 13.2 Å². The van der Waals surface area contributed by atoms with Gasteiger partial charge in [0.25, 0.3) is 0 Å². The largest absolute Gasteiger partial charge is 0.396 e. The van der Waals surface area contributed by atoms with E-state index in [0.29, 0.717) is 12.1 Å². The van der Waals surface area contributed by atoms with Crippen molar-refractivity contribution in [1.29, 1.82) is 0 Å². The van der Waals surface area contributed by atoms with Gasteiger partial charge in [0.1, 0.15) is 0 Å². The number of hydrogen-bond acceptors (Lipinski definition) is 2. The summed E-state index contributed by atoms with van der Waals surface area (Å²) in [5.74, 6) is 3.33. The van der Waals surface area contributed by atoms with Gasteiger partial charge in [0.2, 0.25) is 0 Å². The summed E-state index contributed by atoms with van der Waals surface area (Å²) in [7, 11) is 0. The van der Waals surface area contributed by atoms with E-state index in [1.165, 1.54) is 96.4 Å². The van der Waals surface area contributed by atoms with Crippen LogP contribution in [0.5, 0.6) is 0 Å². The summed E-state index contributed by atoms with van der Waals surface area (Å²) in [6.45, 7) is 1.54. The van der Waals surface area contributed by atoms with Crippen molar-refractivity contribution in [1.82, 2.24) is 5.32 Å². The molecular formula is C21H38INO. The Hall–Kier alpha value is 0.210. The summed E-state index contributed by atoms with van der Waals surface area (Å²) in [5, 5.41) is 12.6. The van der Waals surface area contributed by atoms with Crippen molar-refractivity contribution in [3.05, 3.63) is 0 Å². The summed E-state index contributed by atoms with van der Waals surface area (Å²) < 4.78 is 3.07. The lowest BCUT2D eigenvalue weighted by Crippen LogP contribution is -2.44. The fourth-order valence-electron chi connectivity index (χ4n) is 3.85. The molecule has 1 aliphatic heterocycles. The first kappa shape index (κ1) is 22.3. The molecule has 1 unspecified atom stereocenters. The van der Waals surface area contributed by atoms with Crippen LogP contribution in [0.4, 0.5) is 0 Å². The predicted octanol–water partition coefficient (Wildman–Crippen LogP) is 5.96. The van der Waals surface area contributed by atoms with Gasteiger partial charge < -0.3 is 10.4 Å². The van der Waals surface area contributed by atoms with Crippen molar-refractivity contribution in [3.8, 4) is 9.85 Å². The first-order chi connectivity index (χ1) is 11.8. The molecule has 140 valence electrons. The lowest BCUT2D eigenvalue weighted by Gasteiger charge is -2.32. The smallest absolute Gasteiger partial charge is 0.0431 e. The van der Waals surface area contributed by atoms with Crippen molar-refractivity contribution >= 4 is 22.6 Å². The zero-order chi connectivity index (χ0) is 17.3. The molecule has 0 spiro atoms. The van der Waals surface area contributed by atoms with E-state index >= 15 is 0 Å². The molecule has 24 heavy (non-hydrogen) atoms. The van der Waals surface area contributed by atoms with E-state index in [9.17, 15) is 0 Å². The number of hydrogen-bond donors (Lipinski definition) is 2. The van der Waals surface area contributed by atoms with Gasteiger partial charge in [-0.2, -0.15) is 0 Å². The Morgan fingerprint density at radius 1 is 0.833 bits per heavy atom. The van der Waals surface area contributed by atoms with Crippen LogP contribution in [0.15, 0.2) is 0 Å². The van der Waals surface area contributed by atoms with E-state index in [-0.39, 0.29) is 0 Å². The van der Waals surface area contributed by atoms with Crippen LogP contribution in [-0.2, 0) is 0 Å². The molecule has 0 aromatic carbocycles. The zero-order valence-electron chi connectivity index (χ0n) is 15.6. The summed E-state index contributed by atoms with van der Waals surface area (Å²) in [6, 6.07) is 0. The minimum atomic E-state index is 0.307. The number of nitrogens with one attached hydrogen (secondary N) is 1. The molecular weight excluding hydrogens is 409 g/mol. The highest BCUT2D eigenvalue weighted by molar-refractivity contribution is 14.1. The SMILES string of the molecule is OCCCCCCCCCCCCC1(CC#CI)CCCCCN1. The number of halogens is 1. The van der Waals surface area contributed by atoms with Gasteiger partial charge in [0.15, 0.2) is 0 Å². The fourth-order valence-corrected chi connectivity index (χ4v) is 4.04. The standard InChI is InChI=1S/C21H38INO/c22-18-14-17-21(16-11-9-12-19-23-21)15-10-7-5-3-1-2-4-6-8-13-20-24/h23-24H,1-13,15-17,19-20H2. The molecule has 3 heteroatoms. The van der Waals surface area contributed by atoms with E-state index < -0.39 is 0 Å². The maximum absolute atomic E-state index is 8.75. The molecule has 0 amide bonds. The van der Waals surface area contributed by atoms with E-state index in [1.54, 1.807) is 0 Å². The molecule has 0 aromatic heterocycles. The monoisotopic (exact) mass is 447 g/mol. The third-order valence-electron chi connectivity index (χ3n) is 5.39. The number of rotatable bonds is 13. The Balaban J connectivity index is 2.07. The first-order valence-corrected chi connectivity index (χ1v) is 11.4. The molecule has 1 rings (SSSR count). The zero-order valence-corrected chi connectivity index (χ0v) is 17.7. The third-order valence-corrected chi connectivity index (χ3v) is 5.77. The quantitative estimate of drug-likeness (QED) is 0.208. The van der Waals surface area contributed by atoms with Crippen molar-refractivity contribution in [2.24, 2.45) is 0 Å². The average Bonchev–Trinajstić information content (AvgIpc) is 2.84. The second kappa shape index (κ2) is 15.5. The molecule has 2 N–H and O–H groups in total. The Bertz CT molecular complexity index is 339. The number of aliphatic hydroxyl groups excluding tert-OH is 1. The Morgan fingerprint density at radius 3 is 2.08 bits per heavy atom. The summed E-state index contributed by atoms with van der Waals surface area (Å²) in [5.41, 5.74) is 0.307. The van der Waals surface area contributed by atoms with Gasteiger partial charge in [-0.15, -0.1) is 0 Å². The van der Waals surface area contributed by atoms with Crippen LogP contribution in [0.2, 0.25) is 0 Å². The highest BCUT2D eigenvalue weighted by Gasteiger charge is 2.28. The van der Waals surface area contributed by atoms with Gasteiger partial charge in [-0.25, -0.2) is 0 Å². The van der Waals surface area contributed by atoms with Crippen LogP contribution in [0.1, 0.15) is 103 Å².